The number of carbonyl (C=O) groups is 1. The molecule has 0 saturated carbocycles. The second-order valence-electron chi connectivity index (χ2n) is 5.24. The molecule has 1 unspecified atom stereocenters. The van der Waals surface area contributed by atoms with E-state index in [0.717, 1.165) is 24.4 Å². The first-order chi connectivity index (χ1) is 11.5. The van der Waals surface area contributed by atoms with E-state index in [2.05, 4.69) is 10.3 Å². The molecule has 1 aromatic carbocycles. The number of rotatable bonds is 3. The average Bonchev–Trinajstić information content (AvgIpc) is 2.53. The van der Waals surface area contributed by atoms with Gasteiger partial charge in [0.25, 0.3) is 5.91 Å². The number of alkyl halides is 6. The highest BCUT2D eigenvalue weighted by molar-refractivity contribution is 5.94. The van der Waals surface area contributed by atoms with Gasteiger partial charge < -0.3 is 5.32 Å². The van der Waals surface area contributed by atoms with Crippen LogP contribution in [0.4, 0.5) is 26.3 Å². The molecular weight excluding hydrogens is 350 g/mol. The molecule has 2 aromatic rings. The van der Waals surface area contributed by atoms with E-state index < -0.39 is 35.6 Å². The van der Waals surface area contributed by atoms with Crippen LogP contribution in [0.15, 0.2) is 42.6 Å². The number of pyridine rings is 1. The van der Waals surface area contributed by atoms with Crippen molar-refractivity contribution < 1.29 is 31.1 Å². The Morgan fingerprint density at radius 2 is 1.56 bits per heavy atom. The summed E-state index contributed by atoms with van der Waals surface area (Å²) in [6, 6.07) is 5.23. The van der Waals surface area contributed by atoms with E-state index >= 15 is 0 Å². The average molecular weight is 362 g/mol. The van der Waals surface area contributed by atoms with Crippen molar-refractivity contribution in [3.05, 3.63) is 65.0 Å². The fraction of sp³-hybridized carbons (Fsp3) is 0.250. The summed E-state index contributed by atoms with van der Waals surface area (Å²) in [4.78, 5) is 15.2. The molecule has 0 saturated heterocycles. The van der Waals surface area contributed by atoms with Crippen molar-refractivity contribution in [1.29, 1.82) is 0 Å². The van der Waals surface area contributed by atoms with Gasteiger partial charge in [0, 0.05) is 6.20 Å². The zero-order chi connectivity index (χ0) is 18.8. The molecule has 0 aliphatic carbocycles. The van der Waals surface area contributed by atoms with Crippen molar-refractivity contribution in [2.75, 3.05) is 0 Å². The Morgan fingerprint density at radius 3 is 2.00 bits per heavy atom. The smallest absolute Gasteiger partial charge is 0.345 e. The van der Waals surface area contributed by atoms with Crippen LogP contribution in [-0.2, 0) is 12.4 Å². The molecule has 0 spiro atoms. The number of nitrogens with one attached hydrogen (secondary N) is 1. The van der Waals surface area contributed by atoms with E-state index in [0.29, 0.717) is 11.6 Å². The fourth-order valence-corrected chi connectivity index (χ4v) is 2.02. The van der Waals surface area contributed by atoms with Gasteiger partial charge in [-0.15, -0.1) is 0 Å². The van der Waals surface area contributed by atoms with Gasteiger partial charge in [0.1, 0.15) is 5.69 Å². The van der Waals surface area contributed by atoms with Crippen LogP contribution >= 0.6 is 0 Å². The van der Waals surface area contributed by atoms with Crippen molar-refractivity contribution in [3.63, 3.8) is 0 Å². The second kappa shape index (κ2) is 6.73. The molecule has 0 aliphatic heterocycles. The molecule has 0 fully saturated rings. The number of halogens is 6. The summed E-state index contributed by atoms with van der Waals surface area (Å²) < 4.78 is 74.8. The number of carbonyl (C=O) groups excluding carboxylic acids is 1. The Bertz CT molecular complexity index is 735. The van der Waals surface area contributed by atoms with Gasteiger partial charge >= 0.3 is 12.4 Å². The van der Waals surface area contributed by atoms with Gasteiger partial charge in [-0.25, -0.2) is 0 Å². The summed E-state index contributed by atoms with van der Waals surface area (Å²) in [7, 11) is 0. The molecule has 1 amide bonds. The Hall–Kier alpha value is -2.58. The quantitative estimate of drug-likeness (QED) is 0.811. The fourth-order valence-electron chi connectivity index (χ4n) is 2.02. The summed E-state index contributed by atoms with van der Waals surface area (Å²) in [5.74, 6) is -0.686. The Labute approximate surface area is 138 Å². The first kappa shape index (κ1) is 18.8. The van der Waals surface area contributed by atoms with Gasteiger partial charge in [-0.2, -0.15) is 26.3 Å². The lowest BCUT2D eigenvalue weighted by atomic mass is 10.1. The van der Waals surface area contributed by atoms with Crippen LogP contribution in [0.1, 0.15) is 40.1 Å². The van der Waals surface area contributed by atoms with Gasteiger partial charge in [0.05, 0.1) is 17.2 Å². The third kappa shape index (κ3) is 4.71. The van der Waals surface area contributed by atoms with E-state index in [9.17, 15) is 31.1 Å². The van der Waals surface area contributed by atoms with E-state index in [1.807, 2.05) is 0 Å². The van der Waals surface area contributed by atoms with Crippen LogP contribution in [-0.4, -0.2) is 10.9 Å². The molecule has 0 bridgehead atoms. The SMILES string of the molecule is CC(NC(=O)c1ccc(C(F)(F)F)nc1)c1ccc(C(F)(F)F)cc1. The van der Waals surface area contributed by atoms with Crippen molar-refractivity contribution in [2.24, 2.45) is 0 Å². The van der Waals surface area contributed by atoms with Gasteiger partial charge in [-0.05, 0) is 36.8 Å². The van der Waals surface area contributed by atoms with Gasteiger partial charge in [0.2, 0.25) is 0 Å². The number of aromatic nitrogens is 1. The minimum Gasteiger partial charge on any atom is -0.345 e. The molecular formula is C16H12F6N2O. The molecule has 134 valence electrons. The number of hydrogen-bond acceptors (Lipinski definition) is 2. The van der Waals surface area contributed by atoms with Crippen LogP contribution in [0, 0.1) is 0 Å². The van der Waals surface area contributed by atoms with Crippen LogP contribution in [0.3, 0.4) is 0 Å². The molecule has 0 aliphatic rings. The van der Waals surface area contributed by atoms with E-state index in [1.165, 1.54) is 19.1 Å². The molecule has 9 heteroatoms. The Morgan fingerprint density at radius 1 is 0.960 bits per heavy atom. The highest BCUT2D eigenvalue weighted by atomic mass is 19.4. The zero-order valence-corrected chi connectivity index (χ0v) is 12.7. The lowest BCUT2D eigenvalue weighted by Crippen LogP contribution is -2.27. The predicted octanol–water partition coefficient (Wildman–Crippen LogP) is 4.61. The molecule has 1 heterocycles. The normalized spacial score (nSPS) is 13.4. The van der Waals surface area contributed by atoms with E-state index in [4.69, 9.17) is 0 Å². The lowest BCUT2D eigenvalue weighted by molar-refractivity contribution is -0.141. The molecule has 0 radical (unpaired) electrons. The summed E-state index contributed by atoms with van der Waals surface area (Å²) in [6.07, 6.45) is -8.28. The van der Waals surface area contributed by atoms with Gasteiger partial charge in [0.15, 0.2) is 0 Å². The summed E-state index contributed by atoms with van der Waals surface area (Å²) >= 11 is 0. The third-order valence-electron chi connectivity index (χ3n) is 3.40. The highest BCUT2D eigenvalue weighted by Crippen LogP contribution is 2.30. The van der Waals surface area contributed by atoms with Crippen LogP contribution in [0.25, 0.3) is 0 Å². The maximum absolute atomic E-state index is 12.5. The van der Waals surface area contributed by atoms with Crippen LogP contribution in [0.2, 0.25) is 0 Å². The number of benzene rings is 1. The largest absolute Gasteiger partial charge is 0.433 e. The third-order valence-corrected chi connectivity index (χ3v) is 3.40. The van der Waals surface area contributed by atoms with Gasteiger partial charge in [-0.3, -0.25) is 9.78 Å². The maximum Gasteiger partial charge on any atom is 0.433 e. The van der Waals surface area contributed by atoms with Crippen molar-refractivity contribution in [2.45, 2.75) is 25.3 Å². The summed E-state index contributed by atoms with van der Waals surface area (Å²) in [6.45, 7) is 1.54. The van der Waals surface area contributed by atoms with Crippen molar-refractivity contribution in [3.8, 4) is 0 Å². The monoisotopic (exact) mass is 362 g/mol. The topological polar surface area (TPSA) is 42.0 Å². The first-order valence-corrected chi connectivity index (χ1v) is 7.00. The Balaban J connectivity index is 2.07. The first-order valence-electron chi connectivity index (χ1n) is 7.00. The molecule has 3 nitrogen and oxygen atoms in total. The minimum absolute atomic E-state index is 0.0910. The standard InChI is InChI=1S/C16H12F6N2O/c1-9(10-2-5-12(6-3-10)15(17,18)19)24-14(25)11-4-7-13(23-8-11)16(20,21)22/h2-9H,1H3,(H,24,25). The number of amides is 1. The van der Waals surface area contributed by atoms with E-state index in [-0.39, 0.29) is 5.56 Å². The summed E-state index contributed by atoms with van der Waals surface area (Å²) in [5, 5.41) is 2.49. The molecule has 1 atom stereocenters. The van der Waals surface area contributed by atoms with E-state index in [1.54, 1.807) is 0 Å². The van der Waals surface area contributed by atoms with Crippen molar-refractivity contribution >= 4 is 5.91 Å². The number of hydrogen-bond donors (Lipinski definition) is 1. The molecule has 1 N–H and O–H groups in total. The van der Waals surface area contributed by atoms with Gasteiger partial charge in [-0.1, -0.05) is 12.1 Å². The lowest BCUT2D eigenvalue weighted by Gasteiger charge is -2.15. The minimum atomic E-state index is -4.61. The summed E-state index contributed by atoms with van der Waals surface area (Å²) in [5.41, 5.74) is -1.62. The van der Waals surface area contributed by atoms with Crippen molar-refractivity contribution in [1.82, 2.24) is 10.3 Å². The molecule has 25 heavy (non-hydrogen) atoms. The Kier molecular flexibility index (Phi) is 5.05. The van der Waals surface area contributed by atoms with Crippen LogP contribution in [0.5, 0.6) is 0 Å². The molecule has 1 aromatic heterocycles. The maximum atomic E-state index is 12.5. The van der Waals surface area contributed by atoms with Crippen LogP contribution < -0.4 is 5.32 Å². The number of nitrogens with zero attached hydrogens (tertiary/aromatic N) is 1. The zero-order valence-electron chi connectivity index (χ0n) is 12.7. The predicted molar refractivity (Wildman–Crippen MR) is 76.6 cm³/mol. The molecule has 2 rings (SSSR count). The highest BCUT2D eigenvalue weighted by Gasteiger charge is 2.32. The second-order valence-corrected chi connectivity index (χ2v) is 5.24.